The molecule has 0 unspecified atom stereocenters. The van der Waals surface area contributed by atoms with Crippen LogP contribution in [0.5, 0.6) is 5.75 Å². The Labute approximate surface area is 176 Å². The van der Waals surface area contributed by atoms with Crippen LogP contribution in [0.3, 0.4) is 0 Å². The molecule has 1 aliphatic heterocycles. The Hall–Kier alpha value is -2.83. The molecule has 2 aromatic rings. The fraction of sp³-hybridized carbons (Fsp3) is 0.522. The molecule has 7 nitrogen and oxygen atoms in total. The summed E-state index contributed by atoms with van der Waals surface area (Å²) in [6.45, 7) is 6.60. The van der Waals surface area contributed by atoms with Crippen LogP contribution in [0.4, 0.5) is 4.79 Å². The number of nitrogens with zero attached hydrogens (tertiary/aromatic N) is 2. The van der Waals surface area contributed by atoms with Crippen molar-refractivity contribution >= 4 is 22.9 Å². The van der Waals surface area contributed by atoms with Crippen molar-refractivity contribution in [1.82, 2.24) is 15.2 Å². The fourth-order valence-electron chi connectivity index (χ4n) is 3.62. The average Bonchev–Trinajstić information content (AvgIpc) is 3.37. The van der Waals surface area contributed by atoms with Crippen molar-refractivity contribution in [2.75, 3.05) is 13.2 Å². The molecule has 2 fully saturated rings. The number of pyridine rings is 1. The van der Waals surface area contributed by atoms with E-state index in [0.29, 0.717) is 30.1 Å². The third-order valence-corrected chi connectivity index (χ3v) is 5.26. The molecule has 1 saturated heterocycles. The number of nitrogens with one attached hydrogen (secondary N) is 1. The Morgan fingerprint density at radius 1 is 1.20 bits per heavy atom. The minimum Gasteiger partial charge on any atom is -0.491 e. The second-order valence-corrected chi connectivity index (χ2v) is 9.05. The molecule has 0 spiro atoms. The number of rotatable bonds is 5. The van der Waals surface area contributed by atoms with E-state index in [1.54, 1.807) is 11.0 Å². The van der Waals surface area contributed by atoms with Crippen molar-refractivity contribution in [1.29, 1.82) is 0 Å². The third-order valence-electron chi connectivity index (χ3n) is 5.26. The van der Waals surface area contributed by atoms with E-state index >= 15 is 0 Å². The van der Waals surface area contributed by atoms with Gasteiger partial charge in [0.25, 0.3) is 5.91 Å². The van der Waals surface area contributed by atoms with E-state index in [4.69, 9.17) is 9.47 Å². The Morgan fingerprint density at radius 2 is 1.97 bits per heavy atom. The molecule has 2 aliphatic rings. The van der Waals surface area contributed by atoms with E-state index < -0.39 is 5.60 Å². The molecule has 2 heterocycles. The highest BCUT2D eigenvalue weighted by Crippen LogP contribution is 2.28. The van der Waals surface area contributed by atoms with Crippen LogP contribution in [0.25, 0.3) is 10.9 Å². The number of benzene rings is 1. The van der Waals surface area contributed by atoms with Gasteiger partial charge < -0.3 is 19.7 Å². The predicted octanol–water partition coefficient (Wildman–Crippen LogP) is 3.91. The first-order valence-electron chi connectivity index (χ1n) is 10.6. The summed E-state index contributed by atoms with van der Waals surface area (Å²) in [4.78, 5) is 31.3. The molecule has 2 amide bonds. The SMILES string of the molecule is CC(C)(C)OC(=O)N1CCC[C@@H]1COc1cc(C(=O)NC2CC2)nc2ccccc12. The maximum absolute atomic E-state index is 12.5. The van der Waals surface area contributed by atoms with E-state index in [1.165, 1.54) is 0 Å². The van der Waals surface area contributed by atoms with Gasteiger partial charge in [0.1, 0.15) is 23.7 Å². The lowest BCUT2D eigenvalue weighted by Crippen LogP contribution is -2.42. The van der Waals surface area contributed by atoms with Crippen LogP contribution in [-0.4, -0.2) is 52.7 Å². The number of carbonyl (C=O) groups is 2. The van der Waals surface area contributed by atoms with Crippen LogP contribution >= 0.6 is 0 Å². The van der Waals surface area contributed by atoms with E-state index in [-0.39, 0.29) is 24.1 Å². The van der Waals surface area contributed by atoms with Crippen molar-refractivity contribution in [3.63, 3.8) is 0 Å². The number of aromatic nitrogens is 1. The van der Waals surface area contributed by atoms with Gasteiger partial charge >= 0.3 is 6.09 Å². The topological polar surface area (TPSA) is 80.8 Å². The van der Waals surface area contributed by atoms with E-state index in [9.17, 15) is 9.59 Å². The second kappa shape index (κ2) is 8.13. The molecule has 1 N–H and O–H groups in total. The number of likely N-dealkylation sites (tertiary alicyclic amines) is 1. The van der Waals surface area contributed by atoms with Gasteiger partial charge in [-0.1, -0.05) is 12.1 Å². The normalized spacial score (nSPS) is 19.0. The molecule has 1 aliphatic carbocycles. The maximum atomic E-state index is 12.5. The summed E-state index contributed by atoms with van der Waals surface area (Å²) < 4.78 is 11.7. The molecular weight excluding hydrogens is 382 g/mol. The van der Waals surface area contributed by atoms with E-state index in [1.807, 2.05) is 45.0 Å². The molecular formula is C23H29N3O4. The molecule has 1 atom stereocenters. The van der Waals surface area contributed by atoms with Gasteiger partial charge in [0, 0.05) is 24.0 Å². The number of carbonyl (C=O) groups excluding carboxylic acids is 2. The zero-order valence-corrected chi connectivity index (χ0v) is 17.8. The Balaban J connectivity index is 1.51. The third kappa shape index (κ3) is 4.83. The smallest absolute Gasteiger partial charge is 0.410 e. The van der Waals surface area contributed by atoms with Crippen LogP contribution < -0.4 is 10.1 Å². The molecule has 1 aromatic carbocycles. The van der Waals surface area contributed by atoms with Crippen LogP contribution in [0.2, 0.25) is 0 Å². The van der Waals surface area contributed by atoms with Gasteiger partial charge in [-0.15, -0.1) is 0 Å². The fourth-order valence-corrected chi connectivity index (χ4v) is 3.62. The molecule has 0 radical (unpaired) electrons. The number of hydrogen-bond donors (Lipinski definition) is 1. The Bertz CT molecular complexity index is 949. The van der Waals surface area contributed by atoms with Crippen LogP contribution in [-0.2, 0) is 4.74 Å². The summed E-state index contributed by atoms with van der Waals surface area (Å²) in [5, 5.41) is 3.83. The number of amides is 2. The van der Waals surface area contributed by atoms with Gasteiger partial charge in [-0.05, 0) is 58.6 Å². The van der Waals surface area contributed by atoms with Gasteiger partial charge in [-0.2, -0.15) is 0 Å². The molecule has 1 aromatic heterocycles. The van der Waals surface area contributed by atoms with Crippen molar-refractivity contribution in [2.24, 2.45) is 0 Å². The second-order valence-electron chi connectivity index (χ2n) is 9.05. The highest BCUT2D eigenvalue weighted by molar-refractivity contribution is 5.97. The molecule has 160 valence electrons. The standard InChI is InChI=1S/C23H29N3O4/c1-23(2,3)30-22(28)26-12-6-7-16(26)14-29-20-13-19(21(27)24-15-10-11-15)25-18-9-5-4-8-17(18)20/h4-5,8-9,13,15-16H,6-7,10-12,14H2,1-3H3,(H,24,27)/t16-/m1/s1. The Morgan fingerprint density at radius 3 is 2.70 bits per heavy atom. The lowest BCUT2D eigenvalue weighted by atomic mass is 10.1. The van der Waals surface area contributed by atoms with Crippen LogP contribution in [0.15, 0.2) is 30.3 Å². The zero-order valence-electron chi connectivity index (χ0n) is 17.8. The van der Waals surface area contributed by atoms with Crippen LogP contribution in [0.1, 0.15) is 56.9 Å². The summed E-state index contributed by atoms with van der Waals surface area (Å²) >= 11 is 0. The van der Waals surface area contributed by atoms with Crippen molar-refractivity contribution < 1.29 is 19.1 Å². The Kier molecular flexibility index (Phi) is 5.54. The molecule has 7 heteroatoms. The minimum atomic E-state index is -0.532. The molecule has 1 saturated carbocycles. The summed E-state index contributed by atoms with van der Waals surface area (Å²) in [6, 6.07) is 9.52. The largest absolute Gasteiger partial charge is 0.491 e. The van der Waals surface area contributed by atoms with Gasteiger partial charge in [0.15, 0.2) is 0 Å². The summed E-state index contributed by atoms with van der Waals surface area (Å²) in [7, 11) is 0. The molecule has 0 bridgehead atoms. The van der Waals surface area contributed by atoms with E-state index in [2.05, 4.69) is 10.3 Å². The lowest BCUT2D eigenvalue weighted by molar-refractivity contribution is 0.0188. The van der Waals surface area contributed by atoms with Crippen molar-refractivity contribution in [2.45, 2.75) is 64.1 Å². The number of para-hydroxylation sites is 1. The maximum Gasteiger partial charge on any atom is 0.410 e. The zero-order chi connectivity index (χ0) is 21.3. The monoisotopic (exact) mass is 411 g/mol. The highest BCUT2D eigenvalue weighted by atomic mass is 16.6. The average molecular weight is 412 g/mol. The predicted molar refractivity (Wildman–Crippen MR) is 114 cm³/mol. The molecule has 30 heavy (non-hydrogen) atoms. The van der Waals surface area contributed by atoms with Crippen molar-refractivity contribution in [3.05, 3.63) is 36.0 Å². The number of hydrogen-bond acceptors (Lipinski definition) is 5. The molecule has 4 rings (SSSR count). The van der Waals surface area contributed by atoms with Crippen LogP contribution in [0, 0.1) is 0 Å². The van der Waals surface area contributed by atoms with E-state index in [0.717, 1.165) is 31.1 Å². The van der Waals surface area contributed by atoms with Gasteiger partial charge in [-0.25, -0.2) is 9.78 Å². The summed E-state index contributed by atoms with van der Waals surface area (Å²) in [5.41, 5.74) is 0.535. The highest BCUT2D eigenvalue weighted by Gasteiger charge is 2.33. The minimum absolute atomic E-state index is 0.0597. The first-order valence-corrected chi connectivity index (χ1v) is 10.6. The first kappa shape index (κ1) is 20.4. The van der Waals surface area contributed by atoms with Gasteiger partial charge in [0.05, 0.1) is 11.6 Å². The van der Waals surface area contributed by atoms with Gasteiger partial charge in [-0.3, -0.25) is 4.79 Å². The summed E-state index contributed by atoms with van der Waals surface area (Å²) in [5.74, 6) is 0.432. The number of fused-ring (bicyclic) bond motifs is 1. The first-order chi connectivity index (χ1) is 14.3. The summed E-state index contributed by atoms with van der Waals surface area (Å²) in [6.07, 6.45) is 3.50. The number of ether oxygens (including phenoxy) is 2. The van der Waals surface area contributed by atoms with Crippen molar-refractivity contribution in [3.8, 4) is 5.75 Å². The quantitative estimate of drug-likeness (QED) is 0.807. The van der Waals surface area contributed by atoms with Gasteiger partial charge in [0.2, 0.25) is 0 Å². The lowest BCUT2D eigenvalue weighted by Gasteiger charge is -2.28.